The fourth-order valence-corrected chi connectivity index (χ4v) is 2.48. The minimum atomic E-state index is 0.164. The number of amides is 1. The smallest absolute Gasteiger partial charge is 0.253 e. The Balaban J connectivity index is 2.11. The normalized spacial score (nSPS) is 16.5. The van der Waals surface area contributed by atoms with Gasteiger partial charge in [0.1, 0.15) is 0 Å². The Morgan fingerprint density at radius 3 is 2.58 bits per heavy atom. The molecule has 1 amide bonds. The molecule has 2 rings (SSSR count). The predicted octanol–water partition coefficient (Wildman–Crippen LogP) is 2.32. The van der Waals surface area contributed by atoms with E-state index in [1.807, 2.05) is 17.0 Å². The molecule has 0 atom stereocenters. The summed E-state index contributed by atoms with van der Waals surface area (Å²) in [7, 11) is 0. The number of hydrogen-bond donors (Lipinski definition) is 1. The van der Waals surface area contributed by atoms with Crippen LogP contribution >= 0.6 is 0 Å². The molecule has 1 aromatic carbocycles. The van der Waals surface area contributed by atoms with Crippen LogP contribution in [0.2, 0.25) is 0 Å². The molecule has 1 heterocycles. The molecule has 0 bridgehead atoms. The van der Waals surface area contributed by atoms with Crippen LogP contribution in [0, 0.1) is 5.41 Å². The van der Waals surface area contributed by atoms with E-state index in [1.165, 1.54) is 5.56 Å². The summed E-state index contributed by atoms with van der Waals surface area (Å²) < 4.78 is 0. The van der Waals surface area contributed by atoms with Crippen molar-refractivity contribution >= 4 is 5.91 Å². The first kappa shape index (κ1) is 14.1. The third-order valence-electron chi connectivity index (χ3n) is 3.31. The largest absolute Gasteiger partial charge is 0.336 e. The molecule has 0 aliphatic carbocycles. The molecule has 0 aromatic heterocycles. The highest BCUT2D eigenvalue weighted by atomic mass is 16.2. The van der Waals surface area contributed by atoms with Gasteiger partial charge in [0.15, 0.2) is 0 Å². The number of piperazine rings is 1. The lowest BCUT2D eigenvalue weighted by Crippen LogP contribution is -2.46. The molecule has 1 saturated heterocycles. The monoisotopic (exact) mass is 260 g/mol. The molecular formula is C16H24N2O. The second kappa shape index (κ2) is 5.74. The number of nitrogens with zero attached hydrogens (tertiary/aromatic N) is 1. The second-order valence-electron chi connectivity index (χ2n) is 6.48. The fourth-order valence-electron chi connectivity index (χ4n) is 2.48. The zero-order valence-corrected chi connectivity index (χ0v) is 12.2. The zero-order valence-electron chi connectivity index (χ0n) is 12.2. The maximum absolute atomic E-state index is 12.4. The quantitative estimate of drug-likeness (QED) is 0.885. The summed E-state index contributed by atoms with van der Waals surface area (Å²) in [5.41, 5.74) is 2.31. The molecule has 0 spiro atoms. The topological polar surface area (TPSA) is 32.3 Å². The molecule has 19 heavy (non-hydrogen) atoms. The van der Waals surface area contributed by atoms with Gasteiger partial charge < -0.3 is 10.2 Å². The van der Waals surface area contributed by atoms with E-state index >= 15 is 0 Å². The summed E-state index contributed by atoms with van der Waals surface area (Å²) in [5.74, 6) is 0.164. The summed E-state index contributed by atoms with van der Waals surface area (Å²) in [5, 5.41) is 3.27. The molecule has 0 unspecified atom stereocenters. The highest BCUT2D eigenvalue weighted by Gasteiger charge is 2.18. The molecule has 1 aliphatic heterocycles. The minimum absolute atomic E-state index is 0.164. The Kier molecular flexibility index (Phi) is 4.25. The van der Waals surface area contributed by atoms with Crippen LogP contribution in [0.5, 0.6) is 0 Å². The van der Waals surface area contributed by atoms with Crippen LogP contribution in [0.4, 0.5) is 0 Å². The van der Waals surface area contributed by atoms with Gasteiger partial charge in [-0.05, 0) is 29.5 Å². The van der Waals surface area contributed by atoms with Crippen molar-refractivity contribution in [2.75, 3.05) is 26.2 Å². The van der Waals surface area contributed by atoms with Gasteiger partial charge in [-0.3, -0.25) is 4.79 Å². The number of carbonyl (C=O) groups excluding carboxylic acids is 1. The van der Waals surface area contributed by atoms with E-state index in [1.54, 1.807) is 0 Å². The lowest BCUT2D eigenvalue weighted by atomic mass is 9.87. The van der Waals surface area contributed by atoms with E-state index in [9.17, 15) is 4.79 Å². The lowest BCUT2D eigenvalue weighted by molar-refractivity contribution is 0.0735. The van der Waals surface area contributed by atoms with Gasteiger partial charge in [0.2, 0.25) is 0 Å². The van der Waals surface area contributed by atoms with E-state index in [-0.39, 0.29) is 11.3 Å². The van der Waals surface area contributed by atoms with Gasteiger partial charge in [-0.25, -0.2) is 0 Å². The molecule has 104 valence electrons. The number of carbonyl (C=O) groups is 1. The molecule has 1 aromatic rings. The van der Waals surface area contributed by atoms with Gasteiger partial charge in [-0.1, -0.05) is 32.9 Å². The van der Waals surface area contributed by atoms with E-state index in [0.717, 1.165) is 38.2 Å². The van der Waals surface area contributed by atoms with Crippen LogP contribution in [0.25, 0.3) is 0 Å². The summed E-state index contributed by atoms with van der Waals surface area (Å²) in [6.07, 6.45) is 0.996. The molecule has 3 heteroatoms. The van der Waals surface area contributed by atoms with Crippen molar-refractivity contribution in [1.82, 2.24) is 10.2 Å². The Morgan fingerprint density at radius 2 is 1.95 bits per heavy atom. The van der Waals surface area contributed by atoms with E-state index in [0.29, 0.717) is 0 Å². The van der Waals surface area contributed by atoms with Gasteiger partial charge in [0.25, 0.3) is 5.91 Å². The predicted molar refractivity (Wildman–Crippen MR) is 78.4 cm³/mol. The van der Waals surface area contributed by atoms with Crippen molar-refractivity contribution in [3.8, 4) is 0 Å². The molecule has 1 aliphatic rings. The Bertz CT molecular complexity index is 442. The van der Waals surface area contributed by atoms with E-state index < -0.39 is 0 Å². The first-order valence-electron chi connectivity index (χ1n) is 7.05. The van der Waals surface area contributed by atoms with Crippen LogP contribution in [0.3, 0.4) is 0 Å². The molecule has 0 saturated carbocycles. The molecular weight excluding hydrogens is 236 g/mol. The summed E-state index contributed by atoms with van der Waals surface area (Å²) in [6, 6.07) is 8.09. The Hall–Kier alpha value is -1.35. The van der Waals surface area contributed by atoms with Gasteiger partial charge in [0, 0.05) is 31.7 Å². The van der Waals surface area contributed by atoms with Gasteiger partial charge in [-0.15, -0.1) is 0 Å². The van der Waals surface area contributed by atoms with Crippen LogP contribution < -0.4 is 5.32 Å². The van der Waals surface area contributed by atoms with E-state index in [2.05, 4.69) is 38.2 Å². The maximum Gasteiger partial charge on any atom is 0.253 e. The first-order chi connectivity index (χ1) is 8.96. The average molecular weight is 260 g/mol. The van der Waals surface area contributed by atoms with Crippen LogP contribution in [-0.4, -0.2) is 37.0 Å². The van der Waals surface area contributed by atoms with E-state index in [4.69, 9.17) is 0 Å². The molecule has 1 fully saturated rings. The second-order valence-corrected chi connectivity index (χ2v) is 6.48. The average Bonchev–Trinajstić information content (AvgIpc) is 2.37. The van der Waals surface area contributed by atoms with Crippen molar-refractivity contribution in [2.24, 2.45) is 5.41 Å². The summed E-state index contributed by atoms with van der Waals surface area (Å²) in [6.45, 7) is 10.1. The van der Waals surface area contributed by atoms with Crippen molar-refractivity contribution < 1.29 is 4.79 Å². The lowest BCUT2D eigenvalue weighted by Gasteiger charge is -2.27. The van der Waals surface area contributed by atoms with Gasteiger partial charge in [0.05, 0.1) is 0 Å². The Morgan fingerprint density at radius 1 is 1.26 bits per heavy atom. The summed E-state index contributed by atoms with van der Waals surface area (Å²) in [4.78, 5) is 14.4. The number of nitrogens with one attached hydrogen (secondary N) is 1. The fraction of sp³-hybridized carbons (Fsp3) is 0.562. The number of benzene rings is 1. The molecule has 1 N–H and O–H groups in total. The maximum atomic E-state index is 12.4. The third kappa shape index (κ3) is 4.06. The van der Waals surface area contributed by atoms with Crippen LogP contribution in [0.1, 0.15) is 36.7 Å². The highest BCUT2D eigenvalue weighted by Crippen LogP contribution is 2.21. The Labute approximate surface area is 116 Å². The number of rotatable bonds is 2. The standard InChI is InChI=1S/C16H24N2O/c1-16(2,3)12-13-5-4-6-14(11-13)15(19)18-9-7-17-8-10-18/h4-6,11,17H,7-10,12H2,1-3H3. The van der Waals surface area contributed by atoms with Gasteiger partial charge in [-0.2, -0.15) is 0 Å². The van der Waals surface area contributed by atoms with Crippen LogP contribution in [-0.2, 0) is 6.42 Å². The highest BCUT2D eigenvalue weighted by molar-refractivity contribution is 5.94. The molecule has 3 nitrogen and oxygen atoms in total. The zero-order chi connectivity index (χ0) is 13.9. The van der Waals surface area contributed by atoms with Gasteiger partial charge >= 0.3 is 0 Å². The van der Waals surface area contributed by atoms with Crippen molar-refractivity contribution in [1.29, 1.82) is 0 Å². The SMILES string of the molecule is CC(C)(C)Cc1cccc(C(=O)N2CCNCC2)c1. The first-order valence-corrected chi connectivity index (χ1v) is 7.05. The van der Waals surface area contributed by atoms with Crippen molar-refractivity contribution in [2.45, 2.75) is 27.2 Å². The summed E-state index contributed by atoms with van der Waals surface area (Å²) >= 11 is 0. The minimum Gasteiger partial charge on any atom is -0.336 e. The van der Waals surface area contributed by atoms with Crippen LogP contribution in [0.15, 0.2) is 24.3 Å². The van der Waals surface area contributed by atoms with Crippen molar-refractivity contribution in [3.05, 3.63) is 35.4 Å². The molecule has 0 radical (unpaired) electrons. The third-order valence-corrected chi connectivity index (χ3v) is 3.31. The van der Waals surface area contributed by atoms with Crippen molar-refractivity contribution in [3.63, 3.8) is 0 Å². The number of hydrogen-bond acceptors (Lipinski definition) is 2.